The van der Waals surface area contributed by atoms with Crippen LogP contribution in [0.3, 0.4) is 0 Å². The molecule has 4 aromatic rings. The van der Waals surface area contributed by atoms with Crippen LogP contribution in [0.15, 0.2) is 65.1 Å². The molecule has 0 aliphatic carbocycles. The van der Waals surface area contributed by atoms with Crippen LogP contribution in [-0.4, -0.2) is 17.1 Å². The molecular formula is C25H20BrN3O2. The average molecular weight is 474 g/mol. The highest BCUT2D eigenvalue weighted by atomic mass is 79.9. The van der Waals surface area contributed by atoms with Crippen molar-refractivity contribution in [3.63, 3.8) is 0 Å². The molecule has 1 heterocycles. The molecule has 0 aliphatic heterocycles. The summed E-state index contributed by atoms with van der Waals surface area (Å²) in [6, 6.07) is 21.8. The molecule has 0 aliphatic rings. The number of nitriles is 1. The fourth-order valence-electron chi connectivity index (χ4n) is 3.23. The summed E-state index contributed by atoms with van der Waals surface area (Å²) in [6.45, 7) is 2.45. The zero-order chi connectivity index (χ0) is 21.8. The molecule has 0 radical (unpaired) electrons. The third-order valence-corrected chi connectivity index (χ3v) is 5.52. The van der Waals surface area contributed by atoms with Gasteiger partial charge in [-0.2, -0.15) is 5.26 Å². The van der Waals surface area contributed by atoms with E-state index in [1.807, 2.05) is 67.6 Å². The molecule has 0 unspecified atom stereocenters. The highest BCUT2D eigenvalue weighted by Gasteiger charge is 2.13. The zero-order valence-electron chi connectivity index (χ0n) is 17.1. The van der Waals surface area contributed by atoms with E-state index in [1.54, 1.807) is 13.2 Å². The van der Waals surface area contributed by atoms with Crippen molar-refractivity contribution in [1.82, 2.24) is 9.97 Å². The normalized spacial score (nSPS) is 11.4. The number of aryl methyl sites for hydroxylation is 1. The number of rotatable bonds is 6. The van der Waals surface area contributed by atoms with Crippen LogP contribution in [0.25, 0.3) is 22.7 Å². The summed E-state index contributed by atoms with van der Waals surface area (Å²) in [4.78, 5) is 7.79. The van der Waals surface area contributed by atoms with Crippen LogP contribution in [0.5, 0.6) is 11.5 Å². The van der Waals surface area contributed by atoms with Gasteiger partial charge in [0, 0.05) is 4.47 Å². The van der Waals surface area contributed by atoms with Crippen LogP contribution in [0.2, 0.25) is 0 Å². The van der Waals surface area contributed by atoms with Crippen LogP contribution in [-0.2, 0) is 6.61 Å². The molecule has 6 heteroatoms. The number of fused-ring (bicyclic) bond motifs is 1. The van der Waals surface area contributed by atoms with Gasteiger partial charge in [0.1, 0.15) is 18.5 Å². The highest BCUT2D eigenvalue weighted by molar-refractivity contribution is 9.10. The molecule has 3 aromatic carbocycles. The van der Waals surface area contributed by atoms with E-state index in [-0.39, 0.29) is 0 Å². The molecule has 0 saturated carbocycles. The van der Waals surface area contributed by atoms with Gasteiger partial charge in [-0.05, 0) is 54.0 Å². The van der Waals surface area contributed by atoms with Crippen LogP contribution in [0.4, 0.5) is 0 Å². The first-order chi connectivity index (χ1) is 15.1. The number of benzene rings is 3. The Hall–Kier alpha value is -3.56. The third-order valence-electron chi connectivity index (χ3n) is 4.83. The van der Waals surface area contributed by atoms with Crippen LogP contribution in [0.1, 0.15) is 22.5 Å². The van der Waals surface area contributed by atoms with Crippen molar-refractivity contribution in [3.8, 4) is 17.6 Å². The molecule has 0 amide bonds. The number of halogens is 1. The number of nitrogens with zero attached hydrogens (tertiary/aromatic N) is 2. The second-order valence-corrected chi connectivity index (χ2v) is 7.93. The summed E-state index contributed by atoms with van der Waals surface area (Å²) in [7, 11) is 1.60. The number of allylic oxidation sites excluding steroid dienone is 1. The molecule has 5 nitrogen and oxygen atoms in total. The lowest BCUT2D eigenvalue weighted by Gasteiger charge is -2.13. The van der Waals surface area contributed by atoms with Crippen molar-refractivity contribution < 1.29 is 9.47 Å². The first-order valence-corrected chi connectivity index (χ1v) is 10.5. The number of aromatic nitrogens is 2. The van der Waals surface area contributed by atoms with Crippen LogP contribution in [0, 0.1) is 18.3 Å². The maximum Gasteiger partial charge on any atom is 0.162 e. The van der Waals surface area contributed by atoms with E-state index in [9.17, 15) is 5.26 Å². The Morgan fingerprint density at radius 3 is 2.68 bits per heavy atom. The zero-order valence-corrected chi connectivity index (χ0v) is 18.7. The summed E-state index contributed by atoms with van der Waals surface area (Å²) < 4.78 is 12.3. The van der Waals surface area contributed by atoms with E-state index < -0.39 is 0 Å². The summed E-state index contributed by atoms with van der Waals surface area (Å²) >= 11 is 3.59. The van der Waals surface area contributed by atoms with Crippen molar-refractivity contribution in [2.75, 3.05) is 7.11 Å². The van der Waals surface area contributed by atoms with Crippen molar-refractivity contribution >= 4 is 38.6 Å². The molecule has 0 fully saturated rings. The van der Waals surface area contributed by atoms with Gasteiger partial charge in [0.25, 0.3) is 0 Å². The molecule has 4 rings (SSSR count). The predicted octanol–water partition coefficient (Wildman–Crippen LogP) is 6.29. The third kappa shape index (κ3) is 4.62. The second kappa shape index (κ2) is 9.07. The number of nitrogens with one attached hydrogen (secondary N) is 1. The molecule has 0 spiro atoms. The van der Waals surface area contributed by atoms with Gasteiger partial charge in [-0.15, -0.1) is 0 Å². The maximum absolute atomic E-state index is 9.75. The molecule has 0 saturated heterocycles. The first kappa shape index (κ1) is 20.7. The monoisotopic (exact) mass is 473 g/mol. The van der Waals surface area contributed by atoms with Gasteiger partial charge < -0.3 is 14.5 Å². The Balaban J connectivity index is 1.65. The van der Waals surface area contributed by atoms with Gasteiger partial charge in [-0.1, -0.05) is 52.3 Å². The summed E-state index contributed by atoms with van der Waals surface area (Å²) in [5.74, 6) is 1.73. The van der Waals surface area contributed by atoms with Gasteiger partial charge in [-0.25, -0.2) is 4.98 Å². The SMILES string of the molecule is COc1cc(C=C(C#N)c2nc3ccc(C)cc3[nH]2)c(Br)cc1OCc1ccccc1. The molecule has 1 aromatic heterocycles. The number of H-pyrrole nitrogens is 1. The Bertz CT molecular complexity index is 1300. The lowest BCUT2D eigenvalue weighted by Crippen LogP contribution is -1.98. The number of hydrogen-bond acceptors (Lipinski definition) is 4. The molecular weight excluding hydrogens is 454 g/mol. The van der Waals surface area contributed by atoms with Crippen molar-refractivity contribution in [1.29, 1.82) is 5.26 Å². The van der Waals surface area contributed by atoms with Crippen molar-refractivity contribution in [2.45, 2.75) is 13.5 Å². The average Bonchev–Trinajstić information content (AvgIpc) is 3.20. The van der Waals surface area contributed by atoms with Crippen LogP contribution < -0.4 is 9.47 Å². The van der Waals surface area contributed by atoms with E-state index in [0.29, 0.717) is 29.5 Å². The summed E-state index contributed by atoms with van der Waals surface area (Å²) in [5.41, 5.74) is 5.13. The maximum atomic E-state index is 9.75. The smallest absolute Gasteiger partial charge is 0.162 e. The summed E-state index contributed by atoms with van der Waals surface area (Å²) in [6.07, 6.45) is 1.78. The highest BCUT2D eigenvalue weighted by Crippen LogP contribution is 2.35. The fraction of sp³-hybridized carbons (Fsp3) is 0.120. The van der Waals surface area contributed by atoms with Gasteiger partial charge in [0.15, 0.2) is 11.5 Å². The largest absolute Gasteiger partial charge is 0.493 e. The van der Waals surface area contributed by atoms with Gasteiger partial charge >= 0.3 is 0 Å². The molecule has 31 heavy (non-hydrogen) atoms. The molecule has 1 N–H and O–H groups in total. The Labute approximate surface area is 189 Å². The molecule has 0 atom stereocenters. The van der Waals surface area contributed by atoms with Gasteiger partial charge in [0.2, 0.25) is 0 Å². The van der Waals surface area contributed by atoms with Crippen LogP contribution >= 0.6 is 15.9 Å². The summed E-state index contributed by atoms with van der Waals surface area (Å²) in [5, 5.41) is 9.75. The Morgan fingerprint density at radius 1 is 1.13 bits per heavy atom. The Morgan fingerprint density at radius 2 is 1.94 bits per heavy atom. The number of imidazole rings is 1. The van der Waals surface area contributed by atoms with Crippen molar-refractivity contribution in [2.24, 2.45) is 0 Å². The number of hydrogen-bond donors (Lipinski definition) is 1. The lowest BCUT2D eigenvalue weighted by molar-refractivity contribution is 0.284. The van der Waals surface area contributed by atoms with Gasteiger partial charge in [0.05, 0.1) is 23.7 Å². The minimum atomic E-state index is 0.426. The van der Waals surface area contributed by atoms with E-state index in [1.165, 1.54) is 0 Å². The molecule has 0 bridgehead atoms. The lowest BCUT2D eigenvalue weighted by atomic mass is 10.1. The number of ether oxygens (including phenoxy) is 2. The second-order valence-electron chi connectivity index (χ2n) is 7.07. The first-order valence-electron chi connectivity index (χ1n) is 9.70. The van der Waals surface area contributed by atoms with E-state index in [2.05, 4.69) is 32.0 Å². The van der Waals surface area contributed by atoms with E-state index >= 15 is 0 Å². The molecule has 154 valence electrons. The predicted molar refractivity (Wildman–Crippen MR) is 126 cm³/mol. The standard InChI is InChI=1S/C25H20BrN3O2/c1-16-8-9-21-22(10-16)29-25(28-21)19(14-27)11-18-12-23(30-2)24(13-20(18)26)31-15-17-6-4-3-5-7-17/h3-13H,15H2,1-2H3,(H,28,29). The van der Waals surface area contributed by atoms with Crippen molar-refractivity contribution in [3.05, 3.63) is 87.7 Å². The fourth-order valence-corrected chi connectivity index (χ4v) is 3.67. The van der Waals surface area contributed by atoms with E-state index in [0.717, 1.165) is 32.2 Å². The number of aromatic amines is 1. The minimum absolute atomic E-state index is 0.426. The number of methoxy groups -OCH3 is 1. The van der Waals surface area contributed by atoms with E-state index in [4.69, 9.17) is 9.47 Å². The Kier molecular flexibility index (Phi) is 6.06. The minimum Gasteiger partial charge on any atom is -0.493 e. The van der Waals surface area contributed by atoms with Gasteiger partial charge in [-0.3, -0.25) is 0 Å². The quantitative estimate of drug-likeness (QED) is 0.334. The topological polar surface area (TPSA) is 70.9 Å².